The molecular formula is C9H11N5O4. The summed E-state index contributed by atoms with van der Waals surface area (Å²) in [7, 11) is 1.22. The number of phenolic OH excluding ortho intramolecular Hbond substituents is 1. The summed E-state index contributed by atoms with van der Waals surface area (Å²) in [5.41, 5.74) is 9.96. The maximum absolute atomic E-state index is 10.8. The monoisotopic (exact) mass is 253 g/mol. The minimum atomic E-state index is -0.684. The zero-order chi connectivity index (χ0) is 13.7. The summed E-state index contributed by atoms with van der Waals surface area (Å²) in [6.07, 6.45) is 1.16. The fourth-order valence-electron chi connectivity index (χ4n) is 1.20. The van der Waals surface area contributed by atoms with Gasteiger partial charge in [-0.05, 0) is 6.07 Å². The second kappa shape index (κ2) is 5.48. The van der Waals surface area contributed by atoms with E-state index in [-0.39, 0.29) is 28.7 Å². The van der Waals surface area contributed by atoms with Gasteiger partial charge in [-0.25, -0.2) is 0 Å². The zero-order valence-corrected chi connectivity index (χ0v) is 9.40. The Morgan fingerprint density at radius 3 is 2.72 bits per heavy atom. The van der Waals surface area contributed by atoms with Crippen molar-refractivity contribution in [1.82, 2.24) is 0 Å². The van der Waals surface area contributed by atoms with Crippen LogP contribution in [0.1, 0.15) is 5.56 Å². The van der Waals surface area contributed by atoms with Gasteiger partial charge in [-0.3, -0.25) is 10.1 Å². The van der Waals surface area contributed by atoms with Crippen molar-refractivity contribution >= 4 is 17.9 Å². The number of phenols is 1. The molecule has 1 aromatic rings. The molecule has 5 N–H and O–H groups in total. The molecule has 9 nitrogen and oxygen atoms in total. The molecule has 1 rings (SSSR count). The predicted octanol–water partition coefficient (Wildman–Crippen LogP) is -0.0837. The third-order valence-corrected chi connectivity index (χ3v) is 1.85. The van der Waals surface area contributed by atoms with Crippen molar-refractivity contribution in [3.8, 4) is 11.5 Å². The van der Waals surface area contributed by atoms with E-state index in [9.17, 15) is 15.2 Å². The van der Waals surface area contributed by atoms with Crippen LogP contribution in [0, 0.1) is 10.1 Å². The second-order valence-electron chi connectivity index (χ2n) is 3.12. The highest BCUT2D eigenvalue weighted by atomic mass is 16.6. The highest BCUT2D eigenvalue weighted by Gasteiger charge is 2.19. The van der Waals surface area contributed by atoms with Crippen LogP contribution in [-0.2, 0) is 0 Å². The maximum atomic E-state index is 10.8. The third-order valence-electron chi connectivity index (χ3n) is 1.85. The average molecular weight is 253 g/mol. The average Bonchev–Trinajstić information content (AvgIpc) is 2.27. The largest absolute Gasteiger partial charge is 0.504 e. The van der Waals surface area contributed by atoms with Gasteiger partial charge in [0.15, 0.2) is 5.75 Å². The Bertz CT molecular complexity index is 522. The number of guanidine groups is 1. The lowest BCUT2D eigenvalue weighted by Gasteiger charge is -2.04. The van der Waals surface area contributed by atoms with Gasteiger partial charge in [0.2, 0.25) is 11.7 Å². The Balaban J connectivity index is 3.21. The zero-order valence-electron chi connectivity index (χ0n) is 9.40. The normalized spacial score (nSPS) is 10.3. The first-order valence-corrected chi connectivity index (χ1v) is 4.63. The number of ether oxygens (including phenoxy) is 1. The molecule has 0 aliphatic heterocycles. The van der Waals surface area contributed by atoms with Crippen LogP contribution >= 0.6 is 0 Å². The molecular weight excluding hydrogens is 242 g/mol. The van der Waals surface area contributed by atoms with Crippen LogP contribution in [0.4, 0.5) is 5.69 Å². The van der Waals surface area contributed by atoms with Crippen molar-refractivity contribution in [3.05, 3.63) is 27.8 Å². The summed E-state index contributed by atoms with van der Waals surface area (Å²) in [5.74, 6) is -0.852. The van der Waals surface area contributed by atoms with Gasteiger partial charge in [-0.1, -0.05) is 0 Å². The minimum Gasteiger partial charge on any atom is -0.504 e. The Kier molecular flexibility index (Phi) is 4.02. The van der Waals surface area contributed by atoms with E-state index in [1.165, 1.54) is 19.2 Å². The van der Waals surface area contributed by atoms with Crippen LogP contribution in [-0.4, -0.2) is 29.3 Å². The number of hydrogen-bond acceptors (Lipinski definition) is 6. The number of benzene rings is 1. The Labute approximate surface area is 102 Å². The van der Waals surface area contributed by atoms with E-state index in [0.29, 0.717) is 0 Å². The van der Waals surface area contributed by atoms with Gasteiger partial charge in [0, 0.05) is 11.6 Å². The molecule has 9 heteroatoms. The molecule has 0 unspecified atom stereocenters. The van der Waals surface area contributed by atoms with Crippen molar-refractivity contribution in [1.29, 1.82) is 0 Å². The SMILES string of the molecule is COc1c(O)cc(C=NN=C(N)N)cc1[N+](=O)[O-]. The molecule has 0 bridgehead atoms. The fraction of sp³-hybridized carbons (Fsp3) is 0.111. The van der Waals surface area contributed by atoms with Gasteiger partial charge in [-0.15, -0.1) is 5.10 Å². The molecule has 0 aliphatic rings. The van der Waals surface area contributed by atoms with Crippen LogP contribution in [0.25, 0.3) is 0 Å². The maximum Gasteiger partial charge on any atom is 0.315 e. The lowest BCUT2D eigenvalue weighted by Crippen LogP contribution is -2.21. The Morgan fingerprint density at radius 1 is 1.56 bits per heavy atom. The van der Waals surface area contributed by atoms with Gasteiger partial charge in [0.05, 0.1) is 18.2 Å². The first-order chi connectivity index (χ1) is 8.45. The molecule has 0 heterocycles. The van der Waals surface area contributed by atoms with Crippen LogP contribution in [0.3, 0.4) is 0 Å². The second-order valence-corrected chi connectivity index (χ2v) is 3.12. The summed E-state index contributed by atoms with van der Waals surface area (Å²) in [5, 5.41) is 27.1. The van der Waals surface area contributed by atoms with Gasteiger partial charge >= 0.3 is 5.69 Å². The van der Waals surface area contributed by atoms with Crippen molar-refractivity contribution in [3.63, 3.8) is 0 Å². The summed E-state index contributed by atoms with van der Waals surface area (Å²) in [4.78, 5) is 10.1. The lowest BCUT2D eigenvalue weighted by atomic mass is 10.2. The topological polar surface area (TPSA) is 149 Å². The van der Waals surface area contributed by atoms with E-state index in [1.807, 2.05) is 0 Å². The molecule has 0 spiro atoms. The summed E-state index contributed by atoms with van der Waals surface area (Å²) >= 11 is 0. The van der Waals surface area contributed by atoms with Crippen LogP contribution < -0.4 is 16.2 Å². The Hall–Kier alpha value is -2.84. The number of hydrogen-bond donors (Lipinski definition) is 3. The number of nitro groups is 1. The van der Waals surface area contributed by atoms with Gasteiger partial charge in [-0.2, -0.15) is 5.10 Å². The molecule has 0 amide bonds. The van der Waals surface area contributed by atoms with E-state index < -0.39 is 4.92 Å². The predicted molar refractivity (Wildman–Crippen MR) is 64.7 cm³/mol. The molecule has 0 radical (unpaired) electrons. The summed E-state index contributed by atoms with van der Waals surface area (Å²) in [6.45, 7) is 0. The minimum absolute atomic E-state index is 0.223. The molecule has 0 saturated heterocycles. The quantitative estimate of drug-likeness (QED) is 0.295. The van der Waals surface area contributed by atoms with Crippen LogP contribution in [0.5, 0.6) is 11.5 Å². The van der Waals surface area contributed by atoms with E-state index in [2.05, 4.69) is 10.2 Å². The molecule has 1 aromatic carbocycles. The van der Waals surface area contributed by atoms with Gasteiger partial charge in [0.1, 0.15) is 0 Å². The number of nitrogens with two attached hydrogens (primary N) is 2. The lowest BCUT2D eigenvalue weighted by molar-refractivity contribution is -0.385. The molecule has 0 aliphatic carbocycles. The first kappa shape index (κ1) is 13.2. The van der Waals surface area contributed by atoms with Crippen LogP contribution in [0.2, 0.25) is 0 Å². The fourth-order valence-corrected chi connectivity index (χ4v) is 1.20. The van der Waals surface area contributed by atoms with E-state index in [4.69, 9.17) is 16.2 Å². The number of rotatable bonds is 4. The molecule has 0 saturated carbocycles. The summed E-state index contributed by atoms with van der Waals surface area (Å²) < 4.78 is 4.73. The number of aromatic hydroxyl groups is 1. The van der Waals surface area contributed by atoms with Crippen molar-refractivity contribution < 1.29 is 14.8 Å². The van der Waals surface area contributed by atoms with Crippen molar-refractivity contribution in [2.45, 2.75) is 0 Å². The van der Waals surface area contributed by atoms with Crippen LogP contribution in [0.15, 0.2) is 22.3 Å². The van der Waals surface area contributed by atoms with E-state index in [1.54, 1.807) is 0 Å². The third kappa shape index (κ3) is 3.07. The molecule has 0 fully saturated rings. The molecule has 96 valence electrons. The summed E-state index contributed by atoms with van der Waals surface area (Å²) in [6, 6.07) is 2.40. The number of nitrogens with zero attached hydrogens (tertiary/aromatic N) is 3. The molecule has 0 atom stereocenters. The Morgan fingerprint density at radius 2 is 2.22 bits per heavy atom. The molecule has 18 heavy (non-hydrogen) atoms. The highest BCUT2D eigenvalue weighted by molar-refractivity contribution is 5.84. The van der Waals surface area contributed by atoms with Gasteiger partial charge < -0.3 is 21.3 Å². The standard InChI is InChI=1S/C9H11N5O4/c1-18-8-6(14(16)17)2-5(3-7(8)15)4-12-13-9(10)11/h2-4,15H,1H3,(H4,10,11,13). The number of nitro benzene ring substituents is 1. The van der Waals surface area contributed by atoms with Gasteiger partial charge in [0.25, 0.3) is 0 Å². The smallest absolute Gasteiger partial charge is 0.315 e. The first-order valence-electron chi connectivity index (χ1n) is 4.63. The van der Waals surface area contributed by atoms with E-state index >= 15 is 0 Å². The van der Waals surface area contributed by atoms with Crippen molar-refractivity contribution in [2.75, 3.05) is 7.11 Å². The molecule has 0 aromatic heterocycles. The highest BCUT2D eigenvalue weighted by Crippen LogP contribution is 2.36. The van der Waals surface area contributed by atoms with E-state index in [0.717, 1.165) is 6.21 Å². The number of methoxy groups -OCH3 is 1. The van der Waals surface area contributed by atoms with Crippen molar-refractivity contribution in [2.24, 2.45) is 21.7 Å².